The number of aryl methyl sites for hydroxylation is 1. The van der Waals surface area contributed by atoms with E-state index in [0.29, 0.717) is 0 Å². The van der Waals surface area contributed by atoms with Gasteiger partial charge in [0.1, 0.15) is 5.75 Å². The molecule has 0 aromatic heterocycles. The molecule has 0 aliphatic carbocycles. The summed E-state index contributed by atoms with van der Waals surface area (Å²) in [6.45, 7) is 1.98. The van der Waals surface area contributed by atoms with Gasteiger partial charge in [-0.2, -0.15) is 0 Å². The Hall–Kier alpha value is -0.580. The summed E-state index contributed by atoms with van der Waals surface area (Å²) in [4.78, 5) is 0. The number of halogens is 1. The third kappa shape index (κ3) is 2.71. The van der Waals surface area contributed by atoms with E-state index in [2.05, 4.69) is 15.9 Å². The first-order valence-electron chi connectivity index (χ1n) is 4.53. The highest BCUT2D eigenvalue weighted by Crippen LogP contribution is 2.32. The molecule has 1 rings (SSSR count). The highest BCUT2D eigenvalue weighted by Gasteiger charge is 2.15. The number of methoxy groups -OCH3 is 3. The predicted molar refractivity (Wildman–Crippen MR) is 62.2 cm³/mol. The maximum Gasteiger partial charge on any atom is 0.184 e. The highest BCUT2D eigenvalue weighted by molar-refractivity contribution is 9.10. The van der Waals surface area contributed by atoms with Gasteiger partial charge in [0, 0.05) is 24.3 Å². The molecular formula is C11H15BrO3. The van der Waals surface area contributed by atoms with Crippen molar-refractivity contribution in [3.8, 4) is 5.75 Å². The topological polar surface area (TPSA) is 27.7 Å². The molecule has 0 aliphatic heterocycles. The fraction of sp³-hybridized carbons (Fsp3) is 0.455. The smallest absolute Gasteiger partial charge is 0.184 e. The summed E-state index contributed by atoms with van der Waals surface area (Å²) in [6.07, 6.45) is -0.357. The van der Waals surface area contributed by atoms with Crippen molar-refractivity contribution in [2.24, 2.45) is 0 Å². The van der Waals surface area contributed by atoms with Gasteiger partial charge in [-0.15, -0.1) is 0 Å². The SMILES string of the molecule is COc1cc(Br)c(C(OC)OC)cc1C. The molecule has 3 nitrogen and oxygen atoms in total. The van der Waals surface area contributed by atoms with Gasteiger partial charge in [-0.1, -0.05) is 15.9 Å². The van der Waals surface area contributed by atoms with Crippen LogP contribution in [0.3, 0.4) is 0 Å². The van der Waals surface area contributed by atoms with Crippen LogP contribution in [0.4, 0.5) is 0 Å². The second-order valence-corrected chi connectivity index (χ2v) is 4.00. The summed E-state index contributed by atoms with van der Waals surface area (Å²) in [5, 5.41) is 0. The summed E-state index contributed by atoms with van der Waals surface area (Å²) in [6, 6.07) is 3.90. The van der Waals surface area contributed by atoms with Crippen LogP contribution in [0.1, 0.15) is 17.4 Å². The van der Waals surface area contributed by atoms with E-state index in [1.54, 1.807) is 21.3 Å². The highest BCUT2D eigenvalue weighted by atomic mass is 79.9. The standard InChI is InChI=1S/C11H15BrO3/c1-7-5-8(11(14-3)15-4)9(12)6-10(7)13-2/h5-6,11H,1-4H3. The molecule has 84 valence electrons. The van der Waals surface area contributed by atoms with Gasteiger partial charge in [0.25, 0.3) is 0 Å². The van der Waals surface area contributed by atoms with E-state index in [0.717, 1.165) is 21.3 Å². The minimum absolute atomic E-state index is 0.357. The van der Waals surface area contributed by atoms with Crippen LogP contribution in [0.5, 0.6) is 5.75 Å². The Bertz CT molecular complexity index is 335. The molecule has 0 spiro atoms. The molecule has 0 radical (unpaired) electrons. The fourth-order valence-electron chi connectivity index (χ4n) is 1.44. The Morgan fingerprint density at radius 3 is 2.20 bits per heavy atom. The van der Waals surface area contributed by atoms with Crippen molar-refractivity contribution in [3.63, 3.8) is 0 Å². The molecule has 0 saturated carbocycles. The zero-order chi connectivity index (χ0) is 11.4. The van der Waals surface area contributed by atoms with Crippen molar-refractivity contribution in [1.82, 2.24) is 0 Å². The number of rotatable bonds is 4. The summed E-state index contributed by atoms with van der Waals surface area (Å²) in [5.41, 5.74) is 2.01. The third-order valence-electron chi connectivity index (χ3n) is 2.20. The van der Waals surface area contributed by atoms with Crippen LogP contribution in [0.25, 0.3) is 0 Å². The Morgan fingerprint density at radius 1 is 1.13 bits per heavy atom. The van der Waals surface area contributed by atoms with Gasteiger partial charge in [-0.25, -0.2) is 0 Å². The second-order valence-electron chi connectivity index (χ2n) is 3.15. The summed E-state index contributed by atoms with van der Waals surface area (Å²) in [5.74, 6) is 0.844. The van der Waals surface area contributed by atoms with E-state index in [1.165, 1.54) is 0 Å². The van der Waals surface area contributed by atoms with E-state index in [1.807, 2.05) is 19.1 Å². The molecule has 15 heavy (non-hydrogen) atoms. The Morgan fingerprint density at radius 2 is 1.73 bits per heavy atom. The van der Waals surface area contributed by atoms with E-state index in [-0.39, 0.29) is 6.29 Å². The molecule has 1 aromatic rings. The Labute approximate surface area is 98.5 Å². The molecule has 0 N–H and O–H groups in total. The first-order valence-corrected chi connectivity index (χ1v) is 5.33. The molecule has 0 atom stereocenters. The van der Waals surface area contributed by atoms with Crippen LogP contribution in [0.2, 0.25) is 0 Å². The van der Waals surface area contributed by atoms with Crippen molar-refractivity contribution >= 4 is 15.9 Å². The van der Waals surface area contributed by atoms with Crippen molar-refractivity contribution in [2.75, 3.05) is 21.3 Å². The molecule has 0 aliphatic rings. The van der Waals surface area contributed by atoms with Crippen molar-refractivity contribution < 1.29 is 14.2 Å². The monoisotopic (exact) mass is 274 g/mol. The van der Waals surface area contributed by atoms with Crippen LogP contribution >= 0.6 is 15.9 Å². The van der Waals surface area contributed by atoms with E-state index < -0.39 is 0 Å². The van der Waals surface area contributed by atoms with Crippen LogP contribution in [-0.2, 0) is 9.47 Å². The van der Waals surface area contributed by atoms with E-state index >= 15 is 0 Å². The average molecular weight is 275 g/mol. The first kappa shape index (κ1) is 12.5. The number of ether oxygens (including phenoxy) is 3. The quantitative estimate of drug-likeness (QED) is 0.790. The van der Waals surface area contributed by atoms with E-state index in [9.17, 15) is 0 Å². The molecule has 0 saturated heterocycles. The molecule has 0 unspecified atom stereocenters. The molecule has 0 bridgehead atoms. The lowest BCUT2D eigenvalue weighted by molar-refractivity contribution is -0.106. The van der Waals surface area contributed by atoms with Gasteiger partial charge in [0.2, 0.25) is 0 Å². The Kier molecular flexibility index (Phi) is 4.57. The number of hydrogen-bond acceptors (Lipinski definition) is 3. The normalized spacial score (nSPS) is 10.8. The molecule has 0 heterocycles. The van der Waals surface area contributed by atoms with Crippen LogP contribution < -0.4 is 4.74 Å². The molecular weight excluding hydrogens is 260 g/mol. The maximum absolute atomic E-state index is 5.22. The van der Waals surface area contributed by atoms with Gasteiger partial charge in [-0.3, -0.25) is 0 Å². The lowest BCUT2D eigenvalue weighted by Crippen LogP contribution is -2.05. The van der Waals surface area contributed by atoms with Gasteiger partial charge >= 0.3 is 0 Å². The summed E-state index contributed by atoms with van der Waals surface area (Å²) >= 11 is 3.46. The second kappa shape index (κ2) is 5.49. The minimum Gasteiger partial charge on any atom is -0.496 e. The number of hydrogen-bond donors (Lipinski definition) is 0. The van der Waals surface area contributed by atoms with Crippen molar-refractivity contribution in [2.45, 2.75) is 13.2 Å². The van der Waals surface area contributed by atoms with Crippen LogP contribution in [0, 0.1) is 6.92 Å². The summed E-state index contributed by atoms with van der Waals surface area (Å²) < 4.78 is 16.5. The van der Waals surface area contributed by atoms with Gasteiger partial charge < -0.3 is 14.2 Å². The minimum atomic E-state index is -0.357. The molecule has 0 amide bonds. The molecule has 1 aromatic carbocycles. The predicted octanol–water partition coefficient (Wildman–Crippen LogP) is 3.06. The van der Waals surface area contributed by atoms with Gasteiger partial charge in [0.05, 0.1) is 7.11 Å². The molecule has 4 heteroatoms. The van der Waals surface area contributed by atoms with E-state index in [4.69, 9.17) is 14.2 Å². The van der Waals surface area contributed by atoms with Crippen molar-refractivity contribution in [3.05, 3.63) is 27.7 Å². The van der Waals surface area contributed by atoms with Gasteiger partial charge in [-0.05, 0) is 24.6 Å². The average Bonchev–Trinajstić information content (AvgIpc) is 2.24. The lowest BCUT2D eigenvalue weighted by atomic mass is 10.1. The van der Waals surface area contributed by atoms with Crippen molar-refractivity contribution in [1.29, 1.82) is 0 Å². The zero-order valence-electron chi connectivity index (χ0n) is 9.33. The van der Waals surface area contributed by atoms with Crippen LogP contribution in [-0.4, -0.2) is 21.3 Å². The third-order valence-corrected chi connectivity index (χ3v) is 2.88. The van der Waals surface area contributed by atoms with Crippen LogP contribution in [0.15, 0.2) is 16.6 Å². The number of benzene rings is 1. The lowest BCUT2D eigenvalue weighted by Gasteiger charge is -2.17. The Balaban J connectivity index is 3.14. The fourth-order valence-corrected chi connectivity index (χ4v) is 1.95. The first-order chi connectivity index (χ1) is 7.13. The maximum atomic E-state index is 5.22. The largest absolute Gasteiger partial charge is 0.496 e. The zero-order valence-corrected chi connectivity index (χ0v) is 10.9. The molecule has 0 fully saturated rings. The summed E-state index contributed by atoms with van der Waals surface area (Å²) in [7, 11) is 4.87. The van der Waals surface area contributed by atoms with Gasteiger partial charge in [0.15, 0.2) is 6.29 Å².